The average molecular weight is 295 g/mol. The van der Waals surface area contributed by atoms with Crippen molar-refractivity contribution in [2.45, 2.75) is 13.3 Å². The van der Waals surface area contributed by atoms with Crippen molar-refractivity contribution >= 4 is 0 Å². The van der Waals surface area contributed by atoms with E-state index in [0.29, 0.717) is 0 Å². The van der Waals surface area contributed by atoms with Crippen molar-refractivity contribution in [2.75, 3.05) is 0 Å². The molecule has 2 aromatic rings. The van der Waals surface area contributed by atoms with E-state index >= 15 is 0 Å². The van der Waals surface area contributed by atoms with Crippen LogP contribution in [0.3, 0.4) is 0 Å². The van der Waals surface area contributed by atoms with Crippen molar-refractivity contribution in [3.05, 3.63) is 53.3 Å². The van der Waals surface area contributed by atoms with E-state index in [-0.39, 0.29) is 22.3 Å². The van der Waals surface area contributed by atoms with Gasteiger partial charge in [0, 0.05) is 5.56 Å². The summed E-state index contributed by atoms with van der Waals surface area (Å²) >= 11 is 0. The molecule has 0 spiro atoms. The molecule has 0 atom stereocenters. The molecule has 21 heavy (non-hydrogen) atoms. The molecule has 2 rings (SSSR count). The van der Waals surface area contributed by atoms with Crippen molar-refractivity contribution in [3.8, 4) is 22.9 Å². The monoisotopic (exact) mass is 295 g/mol. The molecule has 0 aliphatic heterocycles. The van der Waals surface area contributed by atoms with Crippen LogP contribution in [0.5, 0.6) is 5.75 Å². The highest BCUT2D eigenvalue weighted by Crippen LogP contribution is 2.30. The van der Waals surface area contributed by atoms with Gasteiger partial charge in [-0.1, -0.05) is 12.1 Å². The van der Waals surface area contributed by atoms with Crippen LogP contribution >= 0.6 is 0 Å². The van der Waals surface area contributed by atoms with Gasteiger partial charge < -0.3 is 4.74 Å². The smallest absolute Gasteiger partial charge is 0.406 e. The van der Waals surface area contributed by atoms with Crippen LogP contribution in [0.4, 0.5) is 17.6 Å². The third-order valence-electron chi connectivity index (χ3n) is 2.80. The molecule has 0 saturated carbocycles. The summed E-state index contributed by atoms with van der Waals surface area (Å²) in [7, 11) is 0. The van der Waals surface area contributed by atoms with Gasteiger partial charge in [-0.15, -0.1) is 13.2 Å². The minimum absolute atomic E-state index is 0.179. The van der Waals surface area contributed by atoms with E-state index in [1.165, 1.54) is 25.1 Å². The number of alkyl halides is 3. The SMILES string of the molecule is Cc1cc(C#N)c(-c2cccc(OC(F)(F)F)c2)cc1F. The number of aryl methyl sites for hydroxylation is 1. The third kappa shape index (κ3) is 3.51. The Morgan fingerprint density at radius 2 is 1.86 bits per heavy atom. The molecule has 0 aliphatic carbocycles. The summed E-state index contributed by atoms with van der Waals surface area (Å²) < 4.78 is 54.1. The number of nitriles is 1. The van der Waals surface area contributed by atoms with Gasteiger partial charge in [-0.25, -0.2) is 4.39 Å². The second-order valence-corrected chi connectivity index (χ2v) is 4.33. The lowest BCUT2D eigenvalue weighted by Crippen LogP contribution is -2.17. The molecule has 0 aliphatic rings. The first kappa shape index (κ1) is 14.9. The molecule has 2 aromatic carbocycles. The Hall–Kier alpha value is -2.55. The van der Waals surface area contributed by atoms with Crippen LogP contribution in [-0.4, -0.2) is 6.36 Å². The summed E-state index contributed by atoms with van der Waals surface area (Å²) in [6.45, 7) is 1.50. The summed E-state index contributed by atoms with van der Waals surface area (Å²) in [4.78, 5) is 0. The van der Waals surface area contributed by atoms with Crippen molar-refractivity contribution in [2.24, 2.45) is 0 Å². The number of hydrogen-bond donors (Lipinski definition) is 0. The van der Waals surface area contributed by atoms with E-state index in [1.807, 2.05) is 6.07 Å². The van der Waals surface area contributed by atoms with E-state index in [0.717, 1.165) is 18.2 Å². The van der Waals surface area contributed by atoms with E-state index in [1.54, 1.807) is 0 Å². The van der Waals surface area contributed by atoms with Crippen LogP contribution in [0.15, 0.2) is 36.4 Å². The number of halogens is 4. The molecule has 6 heteroatoms. The minimum Gasteiger partial charge on any atom is -0.406 e. The first-order chi connectivity index (χ1) is 9.80. The highest BCUT2D eigenvalue weighted by atomic mass is 19.4. The van der Waals surface area contributed by atoms with Gasteiger partial charge in [0.25, 0.3) is 0 Å². The number of ether oxygens (including phenoxy) is 1. The fraction of sp³-hybridized carbons (Fsp3) is 0.133. The van der Waals surface area contributed by atoms with E-state index in [9.17, 15) is 17.6 Å². The van der Waals surface area contributed by atoms with Gasteiger partial charge >= 0.3 is 6.36 Å². The standard InChI is InChI=1S/C15H9F4NO/c1-9-5-11(8-20)13(7-14(9)16)10-3-2-4-12(6-10)21-15(17,18)19/h2-7H,1H3. The zero-order valence-corrected chi connectivity index (χ0v) is 10.8. The maximum absolute atomic E-state index is 13.6. The van der Waals surface area contributed by atoms with Crippen molar-refractivity contribution < 1.29 is 22.3 Å². The van der Waals surface area contributed by atoms with E-state index in [4.69, 9.17) is 5.26 Å². The highest BCUT2D eigenvalue weighted by molar-refractivity contribution is 5.72. The normalized spacial score (nSPS) is 11.0. The Bertz CT molecular complexity index is 717. The predicted octanol–water partition coefficient (Wildman–Crippen LogP) is 4.57. The molecule has 0 fully saturated rings. The molecule has 2 nitrogen and oxygen atoms in total. The van der Waals surface area contributed by atoms with Gasteiger partial charge in [0.05, 0.1) is 11.6 Å². The maximum atomic E-state index is 13.6. The molecule has 0 N–H and O–H groups in total. The van der Waals surface area contributed by atoms with Crippen molar-refractivity contribution in [1.82, 2.24) is 0 Å². The lowest BCUT2D eigenvalue weighted by Gasteiger charge is -2.11. The van der Waals surface area contributed by atoms with Gasteiger partial charge in [-0.05, 0) is 42.3 Å². The summed E-state index contributed by atoms with van der Waals surface area (Å²) in [6.07, 6.45) is -4.81. The minimum atomic E-state index is -4.81. The largest absolute Gasteiger partial charge is 0.573 e. The Labute approximate surface area is 118 Å². The molecule has 0 heterocycles. The molecule has 0 saturated heterocycles. The van der Waals surface area contributed by atoms with Gasteiger partial charge in [-0.2, -0.15) is 5.26 Å². The molecular weight excluding hydrogens is 286 g/mol. The molecule has 0 radical (unpaired) electrons. The van der Waals surface area contributed by atoms with Crippen LogP contribution in [0.25, 0.3) is 11.1 Å². The zero-order valence-electron chi connectivity index (χ0n) is 10.8. The number of rotatable bonds is 2. The van der Waals surface area contributed by atoms with Crippen LogP contribution in [0.1, 0.15) is 11.1 Å². The van der Waals surface area contributed by atoms with E-state index < -0.39 is 17.9 Å². The Morgan fingerprint density at radius 3 is 2.48 bits per heavy atom. The highest BCUT2D eigenvalue weighted by Gasteiger charge is 2.31. The van der Waals surface area contributed by atoms with Crippen molar-refractivity contribution in [1.29, 1.82) is 5.26 Å². The first-order valence-electron chi connectivity index (χ1n) is 5.86. The van der Waals surface area contributed by atoms with Gasteiger partial charge in [0.15, 0.2) is 0 Å². The fourth-order valence-corrected chi connectivity index (χ4v) is 1.87. The zero-order chi connectivity index (χ0) is 15.6. The number of hydrogen-bond acceptors (Lipinski definition) is 2. The maximum Gasteiger partial charge on any atom is 0.573 e. The Kier molecular flexibility index (Phi) is 3.85. The molecule has 0 aromatic heterocycles. The predicted molar refractivity (Wildman–Crippen MR) is 68.0 cm³/mol. The lowest BCUT2D eigenvalue weighted by molar-refractivity contribution is -0.274. The molecule has 0 bridgehead atoms. The summed E-state index contributed by atoms with van der Waals surface area (Å²) in [6, 6.07) is 9.44. The van der Waals surface area contributed by atoms with Crippen LogP contribution in [0, 0.1) is 24.1 Å². The summed E-state index contributed by atoms with van der Waals surface area (Å²) in [5.41, 5.74) is 0.955. The van der Waals surface area contributed by atoms with Crippen LogP contribution in [-0.2, 0) is 0 Å². The lowest BCUT2D eigenvalue weighted by atomic mass is 9.98. The van der Waals surface area contributed by atoms with Crippen molar-refractivity contribution in [3.63, 3.8) is 0 Å². The van der Waals surface area contributed by atoms with Gasteiger partial charge in [0.1, 0.15) is 11.6 Å². The molecule has 0 unspecified atom stereocenters. The molecule has 108 valence electrons. The quantitative estimate of drug-likeness (QED) is 0.760. The fourth-order valence-electron chi connectivity index (χ4n) is 1.87. The first-order valence-corrected chi connectivity index (χ1v) is 5.86. The second-order valence-electron chi connectivity index (χ2n) is 4.33. The Morgan fingerprint density at radius 1 is 1.14 bits per heavy atom. The molecule has 0 amide bonds. The van der Waals surface area contributed by atoms with E-state index in [2.05, 4.69) is 4.74 Å². The average Bonchev–Trinajstić information content (AvgIpc) is 2.39. The summed E-state index contributed by atoms with van der Waals surface area (Å²) in [5.74, 6) is -0.962. The number of nitrogens with zero attached hydrogens (tertiary/aromatic N) is 1. The Balaban J connectivity index is 2.50. The second kappa shape index (κ2) is 5.44. The van der Waals surface area contributed by atoms with Gasteiger partial charge in [0.2, 0.25) is 0 Å². The topological polar surface area (TPSA) is 33.0 Å². The van der Waals surface area contributed by atoms with Crippen LogP contribution < -0.4 is 4.74 Å². The van der Waals surface area contributed by atoms with Crippen LogP contribution in [0.2, 0.25) is 0 Å². The summed E-state index contributed by atoms with van der Waals surface area (Å²) in [5, 5.41) is 9.07. The third-order valence-corrected chi connectivity index (χ3v) is 2.80. The van der Waals surface area contributed by atoms with Gasteiger partial charge in [-0.3, -0.25) is 0 Å². The number of benzene rings is 2. The molecular formula is C15H9F4NO.